The largest absolute Gasteiger partial charge is 0.494 e. The number of amides is 1. The van der Waals surface area contributed by atoms with Crippen LogP contribution >= 0.6 is 0 Å². The second-order valence-electron chi connectivity index (χ2n) is 5.66. The molecule has 0 aliphatic heterocycles. The van der Waals surface area contributed by atoms with Gasteiger partial charge in [0.15, 0.2) is 11.5 Å². The number of methoxy groups -OCH3 is 2. The van der Waals surface area contributed by atoms with Gasteiger partial charge in [0.25, 0.3) is 0 Å². The highest BCUT2D eigenvalue weighted by molar-refractivity contribution is 6.01. The Bertz CT molecular complexity index is 738. The summed E-state index contributed by atoms with van der Waals surface area (Å²) in [5.41, 5.74) is 1.56. The third kappa shape index (κ3) is 5.84. The average molecular weight is 355 g/mol. The van der Waals surface area contributed by atoms with E-state index in [2.05, 4.69) is 12.2 Å². The van der Waals surface area contributed by atoms with E-state index in [1.54, 1.807) is 26.4 Å². The zero-order chi connectivity index (χ0) is 18.8. The first-order chi connectivity index (χ1) is 12.7. The molecule has 0 aliphatic carbocycles. The first-order valence-corrected chi connectivity index (χ1v) is 8.60. The molecule has 0 saturated carbocycles. The lowest BCUT2D eigenvalue weighted by Gasteiger charge is -2.08. The first kappa shape index (κ1) is 19.4. The van der Waals surface area contributed by atoms with Crippen LogP contribution in [0.1, 0.15) is 25.3 Å². The molecule has 0 saturated heterocycles. The minimum atomic E-state index is -0.209. The van der Waals surface area contributed by atoms with E-state index in [0.29, 0.717) is 18.1 Å². The van der Waals surface area contributed by atoms with Crippen molar-refractivity contribution in [3.63, 3.8) is 0 Å². The van der Waals surface area contributed by atoms with Crippen LogP contribution in [0.25, 0.3) is 6.08 Å². The summed E-state index contributed by atoms with van der Waals surface area (Å²) in [6.45, 7) is 2.83. The molecule has 138 valence electrons. The lowest BCUT2D eigenvalue weighted by atomic mass is 10.2. The van der Waals surface area contributed by atoms with E-state index in [1.165, 1.54) is 6.08 Å². The van der Waals surface area contributed by atoms with Crippen molar-refractivity contribution in [1.29, 1.82) is 0 Å². The van der Waals surface area contributed by atoms with Crippen LogP contribution in [0.3, 0.4) is 0 Å². The van der Waals surface area contributed by atoms with Crippen molar-refractivity contribution in [3.05, 3.63) is 54.1 Å². The monoisotopic (exact) mass is 355 g/mol. The van der Waals surface area contributed by atoms with Crippen molar-refractivity contribution < 1.29 is 19.0 Å². The lowest BCUT2D eigenvalue weighted by Crippen LogP contribution is -2.07. The molecule has 0 aliphatic rings. The van der Waals surface area contributed by atoms with Crippen molar-refractivity contribution in [2.45, 2.75) is 19.8 Å². The minimum Gasteiger partial charge on any atom is -0.494 e. The molecule has 0 unspecified atom stereocenters. The summed E-state index contributed by atoms with van der Waals surface area (Å²) >= 11 is 0. The van der Waals surface area contributed by atoms with Crippen LogP contribution in [-0.4, -0.2) is 26.7 Å². The van der Waals surface area contributed by atoms with E-state index in [1.807, 2.05) is 36.4 Å². The van der Waals surface area contributed by atoms with Gasteiger partial charge in [-0.15, -0.1) is 0 Å². The normalized spacial score (nSPS) is 10.6. The van der Waals surface area contributed by atoms with Crippen molar-refractivity contribution in [1.82, 2.24) is 0 Å². The van der Waals surface area contributed by atoms with Gasteiger partial charge in [-0.3, -0.25) is 4.79 Å². The number of benzene rings is 2. The SMILES string of the molecule is CCCCOc1ccc(NC(=O)C=Cc2ccc(OC)c(OC)c2)cc1. The molecule has 0 atom stereocenters. The molecule has 1 amide bonds. The minimum absolute atomic E-state index is 0.209. The van der Waals surface area contributed by atoms with Gasteiger partial charge in [0, 0.05) is 11.8 Å². The van der Waals surface area contributed by atoms with E-state index < -0.39 is 0 Å². The fourth-order valence-corrected chi connectivity index (χ4v) is 2.28. The Hall–Kier alpha value is -2.95. The number of unbranched alkanes of at least 4 members (excludes halogenated alkanes) is 1. The van der Waals surface area contributed by atoms with Gasteiger partial charge in [-0.25, -0.2) is 0 Å². The molecule has 0 aromatic heterocycles. The van der Waals surface area contributed by atoms with E-state index >= 15 is 0 Å². The molecule has 0 spiro atoms. The van der Waals surface area contributed by atoms with Gasteiger partial charge >= 0.3 is 0 Å². The Morgan fingerprint density at radius 3 is 2.42 bits per heavy atom. The summed E-state index contributed by atoms with van der Waals surface area (Å²) in [7, 11) is 3.16. The average Bonchev–Trinajstić information content (AvgIpc) is 2.67. The first-order valence-electron chi connectivity index (χ1n) is 8.60. The standard InChI is InChI=1S/C21H25NO4/c1-4-5-14-26-18-10-8-17(9-11-18)22-21(23)13-7-16-6-12-19(24-2)20(15-16)25-3/h6-13,15H,4-5,14H2,1-3H3,(H,22,23). The molecule has 26 heavy (non-hydrogen) atoms. The fourth-order valence-electron chi connectivity index (χ4n) is 2.28. The summed E-state index contributed by atoms with van der Waals surface area (Å²) in [5.74, 6) is 1.86. The Balaban J connectivity index is 1.92. The maximum Gasteiger partial charge on any atom is 0.248 e. The predicted octanol–water partition coefficient (Wildman–Crippen LogP) is 4.53. The highest BCUT2D eigenvalue weighted by Crippen LogP contribution is 2.28. The molecule has 2 rings (SSSR count). The summed E-state index contributed by atoms with van der Waals surface area (Å²) in [6.07, 6.45) is 5.33. The highest BCUT2D eigenvalue weighted by atomic mass is 16.5. The van der Waals surface area contributed by atoms with Crippen LogP contribution in [0.4, 0.5) is 5.69 Å². The quantitative estimate of drug-likeness (QED) is 0.530. The van der Waals surface area contributed by atoms with Crippen molar-refractivity contribution in [3.8, 4) is 17.2 Å². The summed E-state index contributed by atoms with van der Waals surface area (Å²) < 4.78 is 16.1. The smallest absolute Gasteiger partial charge is 0.248 e. The van der Waals surface area contributed by atoms with Gasteiger partial charge in [0.2, 0.25) is 5.91 Å². The van der Waals surface area contributed by atoms with Gasteiger partial charge in [0.05, 0.1) is 20.8 Å². The number of rotatable bonds is 9. The Morgan fingerprint density at radius 1 is 1.04 bits per heavy atom. The number of ether oxygens (including phenoxy) is 3. The predicted molar refractivity (Wildman–Crippen MR) is 104 cm³/mol. The number of carbonyl (C=O) groups excluding carboxylic acids is 1. The fraction of sp³-hybridized carbons (Fsp3) is 0.286. The molecular formula is C21H25NO4. The molecule has 0 bridgehead atoms. The molecule has 2 aromatic rings. The third-order valence-corrected chi connectivity index (χ3v) is 3.72. The molecule has 0 radical (unpaired) electrons. The van der Waals surface area contributed by atoms with Crippen LogP contribution in [0.5, 0.6) is 17.2 Å². The van der Waals surface area contributed by atoms with Gasteiger partial charge in [0.1, 0.15) is 5.75 Å². The highest BCUT2D eigenvalue weighted by Gasteiger charge is 2.04. The van der Waals surface area contributed by atoms with Gasteiger partial charge in [-0.1, -0.05) is 19.4 Å². The van der Waals surface area contributed by atoms with Crippen LogP contribution in [0, 0.1) is 0 Å². The number of carbonyl (C=O) groups is 1. The molecule has 5 nitrogen and oxygen atoms in total. The number of hydrogen-bond donors (Lipinski definition) is 1. The van der Waals surface area contributed by atoms with E-state index in [-0.39, 0.29) is 5.91 Å². The summed E-state index contributed by atoms with van der Waals surface area (Å²) in [6, 6.07) is 12.8. The zero-order valence-corrected chi connectivity index (χ0v) is 15.5. The lowest BCUT2D eigenvalue weighted by molar-refractivity contribution is -0.111. The molecule has 5 heteroatoms. The van der Waals surface area contributed by atoms with Gasteiger partial charge < -0.3 is 19.5 Å². The number of hydrogen-bond acceptors (Lipinski definition) is 4. The van der Waals surface area contributed by atoms with Crippen LogP contribution in [-0.2, 0) is 4.79 Å². The molecule has 2 aromatic carbocycles. The summed E-state index contributed by atoms with van der Waals surface area (Å²) in [4.78, 5) is 12.1. The number of nitrogens with one attached hydrogen (secondary N) is 1. The maximum atomic E-state index is 12.1. The zero-order valence-electron chi connectivity index (χ0n) is 15.5. The molecular weight excluding hydrogens is 330 g/mol. The van der Waals surface area contributed by atoms with E-state index in [0.717, 1.165) is 29.8 Å². The van der Waals surface area contributed by atoms with Crippen LogP contribution in [0.15, 0.2) is 48.5 Å². The Labute approximate surface area is 154 Å². The van der Waals surface area contributed by atoms with E-state index in [9.17, 15) is 4.79 Å². The van der Waals surface area contributed by atoms with E-state index in [4.69, 9.17) is 14.2 Å². The van der Waals surface area contributed by atoms with Crippen molar-refractivity contribution >= 4 is 17.7 Å². The number of anilines is 1. The second kappa shape index (κ2) is 10.1. The molecule has 0 heterocycles. The van der Waals surface area contributed by atoms with Gasteiger partial charge in [-0.2, -0.15) is 0 Å². The summed E-state index contributed by atoms with van der Waals surface area (Å²) in [5, 5.41) is 2.82. The van der Waals surface area contributed by atoms with Crippen LogP contribution in [0.2, 0.25) is 0 Å². The third-order valence-electron chi connectivity index (χ3n) is 3.72. The Morgan fingerprint density at radius 2 is 1.77 bits per heavy atom. The van der Waals surface area contributed by atoms with Gasteiger partial charge in [-0.05, 0) is 54.5 Å². The Kier molecular flexibility index (Phi) is 7.55. The van der Waals surface area contributed by atoms with Crippen LogP contribution < -0.4 is 19.5 Å². The van der Waals surface area contributed by atoms with Crippen molar-refractivity contribution in [2.24, 2.45) is 0 Å². The molecule has 0 fully saturated rings. The molecule has 1 N–H and O–H groups in total. The maximum absolute atomic E-state index is 12.1. The topological polar surface area (TPSA) is 56.8 Å². The van der Waals surface area contributed by atoms with Crippen molar-refractivity contribution in [2.75, 3.05) is 26.1 Å². The second-order valence-corrected chi connectivity index (χ2v) is 5.66.